The van der Waals surface area contributed by atoms with E-state index in [1.54, 1.807) is 0 Å². The highest BCUT2D eigenvalue weighted by Gasteiger charge is 2.19. The number of ketones is 1. The number of hydrogen-bond acceptors (Lipinski definition) is 2. The van der Waals surface area contributed by atoms with E-state index in [0.717, 1.165) is 0 Å². The molecule has 0 aliphatic rings. The molecule has 0 aliphatic carbocycles. The number of benzene rings is 1. The maximum atomic E-state index is 13.3. The molecule has 0 amide bonds. The zero-order valence-electron chi connectivity index (χ0n) is 7.65. The Morgan fingerprint density at radius 1 is 1.38 bits per heavy atom. The molecule has 0 unspecified atom stereocenters. The molecule has 16 heavy (non-hydrogen) atoms. The van der Waals surface area contributed by atoms with Crippen LogP contribution in [0.2, 0.25) is 0 Å². The molecular weight excluding hydrogens is 252 g/mol. The van der Waals surface area contributed by atoms with Crippen LogP contribution in [0.15, 0.2) is 12.1 Å². The lowest BCUT2D eigenvalue weighted by atomic mass is 10.1. The topological polar surface area (TPSA) is 26.3 Å². The second kappa shape index (κ2) is 5.16. The highest BCUT2D eigenvalue weighted by Crippen LogP contribution is 2.24. The summed E-state index contributed by atoms with van der Waals surface area (Å²) >= 11 is 5.14. The second-order valence-electron chi connectivity index (χ2n) is 2.70. The van der Waals surface area contributed by atoms with E-state index in [-0.39, 0.29) is 0 Å². The zero-order chi connectivity index (χ0) is 12.3. The van der Waals surface area contributed by atoms with Crippen LogP contribution in [0.3, 0.4) is 0 Å². The van der Waals surface area contributed by atoms with Gasteiger partial charge in [0.05, 0.1) is 11.4 Å². The van der Waals surface area contributed by atoms with Crippen LogP contribution in [0, 0.1) is 11.6 Å². The Kier molecular flexibility index (Phi) is 4.12. The van der Waals surface area contributed by atoms with Crippen LogP contribution >= 0.6 is 11.6 Å². The maximum absolute atomic E-state index is 13.3. The molecular formula is C9H5ClF4O2. The van der Waals surface area contributed by atoms with Gasteiger partial charge in [0.1, 0.15) is 5.82 Å². The predicted octanol–water partition coefficient (Wildman–Crippen LogP) is 2.99. The van der Waals surface area contributed by atoms with Gasteiger partial charge in [0.15, 0.2) is 17.3 Å². The summed E-state index contributed by atoms with van der Waals surface area (Å²) in [4.78, 5) is 11.0. The summed E-state index contributed by atoms with van der Waals surface area (Å²) in [5.41, 5.74) is -0.717. The van der Waals surface area contributed by atoms with Crippen LogP contribution in [0.4, 0.5) is 17.6 Å². The minimum atomic E-state index is -3.31. The van der Waals surface area contributed by atoms with E-state index in [1.807, 2.05) is 0 Å². The van der Waals surface area contributed by atoms with Crippen LogP contribution in [0.1, 0.15) is 10.4 Å². The summed E-state index contributed by atoms with van der Waals surface area (Å²) in [6.45, 7) is -3.31. The molecule has 0 bridgehead atoms. The third-order valence-electron chi connectivity index (χ3n) is 1.64. The predicted molar refractivity (Wildman–Crippen MR) is 48.0 cm³/mol. The molecule has 0 N–H and O–H groups in total. The molecule has 1 aromatic carbocycles. The number of hydrogen-bond donors (Lipinski definition) is 0. The van der Waals surface area contributed by atoms with Gasteiger partial charge in [0.25, 0.3) is 0 Å². The van der Waals surface area contributed by atoms with Gasteiger partial charge >= 0.3 is 6.61 Å². The van der Waals surface area contributed by atoms with E-state index in [1.165, 1.54) is 0 Å². The van der Waals surface area contributed by atoms with Crippen LogP contribution in [0.5, 0.6) is 5.75 Å². The lowest BCUT2D eigenvalue weighted by Crippen LogP contribution is -2.09. The van der Waals surface area contributed by atoms with Gasteiger partial charge in [-0.3, -0.25) is 4.79 Å². The minimum absolute atomic E-state index is 0.423. The number of Topliss-reactive ketones (excluding diaryl/α,β-unsaturated/α-hetero) is 1. The van der Waals surface area contributed by atoms with Crippen molar-refractivity contribution in [3.63, 3.8) is 0 Å². The summed E-state index contributed by atoms with van der Waals surface area (Å²) in [6.07, 6.45) is 0. The third kappa shape index (κ3) is 2.85. The normalized spacial score (nSPS) is 10.6. The maximum Gasteiger partial charge on any atom is 0.387 e. The van der Waals surface area contributed by atoms with Crippen molar-refractivity contribution in [1.29, 1.82) is 0 Å². The molecule has 7 heteroatoms. The second-order valence-corrected chi connectivity index (χ2v) is 2.97. The molecule has 0 saturated heterocycles. The van der Waals surface area contributed by atoms with Gasteiger partial charge in [-0.05, 0) is 6.07 Å². The Morgan fingerprint density at radius 3 is 2.50 bits per heavy atom. The van der Waals surface area contributed by atoms with Crippen molar-refractivity contribution in [2.75, 3.05) is 5.88 Å². The Balaban J connectivity index is 3.20. The first kappa shape index (κ1) is 12.8. The van der Waals surface area contributed by atoms with E-state index in [4.69, 9.17) is 11.6 Å². The smallest absolute Gasteiger partial charge is 0.387 e. The summed E-state index contributed by atoms with van der Waals surface area (Å²) in [5, 5.41) is 0. The first-order valence-electron chi connectivity index (χ1n) is 3.98. The number of halogens is 5. The average Bonchev–Trinajstić information content (AvgIpc) is 2.21. The molecule has 0 atom stereocenters. The molecule has 2 nitrogen and oxygen atoms in total. The van der Waals surface area contributed by atoms with Gasteiger partial charge in [0.2, 0.25) is 0 Å². The quantitative estimate of drug-likeness (QED) is 0.470. The lowest BCUT2D eigenvalue weighted by Gasteiger charge is -2.08. The summed E-state index contributed by atoms with van der Waals surface area (Å²) in [6, 6.07) is 0.991. The molecule has 0 aliphatic heterocycles. The van der Waals surface area contributed by atoms with E-state index in [2.05, 4.69) is 4.74 Å². The van der Waals surface area contributed by atoms with Crippen molar-refractivity contribution in [2.24, 2.45) is 0 Å². The van der Waals surface area contributed by atoms with Gasteiger partial charge in [-0.2, -0.15) is 8.78 Å². The van der Waals surface area contributed by atoms with Crippen molar-refractivity contribution >= 4 is 17.4 Å². The fourth-order valence-corrected chi connectivity index (χ4v) is 1.16. The number of ether oxygens (including phenoxy) is 1. The third-order valence-corrected chi connectivity index (χ3v) is 1.88. The first-order valence-corrected chi connectivity index (χ1v) is 4.52. The lowest BCUT2D eigenvalue weighted by molar-refractivity contribution is -0.0524. The Morgan fingerprint density at radius 2 is 2.00 bits per heavy atom. The van der Waals surface area contributed by atoms with Crippen LogP contribution in [-0.4, -0.2) is 18.3 Å². The first-order chi connectivity index (χ1) is 7.45. The van der Waals surface area contributed by atoms with Gasteiger partial charge in [-0.25, -0.2) is 8.78 Å². The molecule has 0 aromatic heterocycles. The number of carbonyl (C=O) groups is 1. The number of rotatable bonds is 4. The largest absolute Gasteiger partial charge is 0.432 e. The Bertz CT molecular complexity index is 409. The van der Waals surface area contributed by atoms with Crippen molar-refractivity contribution in [3.05, 3.63) is 29.3 Å². The highest BCUT2D eigenvalue weighted by atomic mass is 35.5. The number of alkyl halides is 3. The molecule has 0 fully saturated rings. The molecule has 1 rings (SSSR count). The van der Waals surface area contributed by atoms with Crippen LogP contribution in [0.25, 0.3) is 0 Å². The fourth-order valence-electron chi connectivity index (χ4n) is 1.02. The summed E-state index contributed by atoms with van der Waals surface area (Å²) in [5.74, 6) is -4.95. The SMILES string of the molecule is O=C(CCl)c1cc(F)cc(OC(F)F)c1F. The monoisotopic (exact) mass is 256 g/mol. The summed E-state index contributed by atoms with van der Waals surface area (Å²) in [7, 11) is 0. The molecule has 88 valence electrons. The van der Waals surface area contributed by atoms with Crippen molar-refractivity contribution in [3.8, 4) is 5.75 Å². The zero-order valence-corrected chi connectivity index (χ0v) is 8.40. The Labute approximate surface area is 92.8 Å². The van der Waals surface area contributed by atoms with Crippen molar-refractivity contribution in [1.82, 2.24) is 0 Å². The summed E-state index contributed by atoms with van der Waals surface area (Å²) < 4.78 is 53.6. The van der Waals surface area contributed by atoms with Crippen molar-refractivity contribution < 1.29 is 27.1 Å². The van der Waals surface area contributed by atoms with E-state index in [9.17, 15) is 22.4 Å². The van der Waals surface area contributed by atoms with Crippen LogP contribution in [-0.2, 0) is 0 Å². The van der Waals surface area contributed by atoms with E-state index >= 15 is 0 Å². The highest BCUT2D eigenvalue weighted by molar-refractivity contribution is 6.30. The molecule has 0 heterocycles. The molecule has 0 radical (unpaired) electrons. The van der Waals surface area contributed by atoms with Crippen molar-refractivity contribution in [2.45, 2.75) is 6.61 Å². The average molecular weight is 257 g/mol. The van der Waals surface area contributed by atoms with Gasteiger partial charge in [-0.1, -0.05) is 0 Å². The fraction of sp³-hybridized carbons (Fsp3) is 0.222. The van der Waals surface area contributed by atoms with E-state index < -0.39 is 41.2 Å². The Hall–Kier alpha value is -1.30. The van der Waals surface area contributed by atoms with E-state index in [0.29, 0.717) is 12.1 Å². The van der Waals surface area contributed by atoms with Gasteiger partial charge in [0, 0.05) is 6.07 Å². The number of carbonyl (C=O) groups excluding carboxylic acids is 1. The molecule has 0 saturated carbocycles. The van der Waals surface area contributed by atoms with Gasteiger partial charge < -0.3 is 4.74 Å². The molecule has 0 spiro atoms. The molecule has 1 aromatic rings. The standard InChI is InChI=1S/C9H5ClF4O2/c10-3-6(15)5-1-4(11)2-7(8(5)12)16-9(13)14/h1-2,9H,3H2. The van der Waals surface area contributed by atoms with Crippen LogP contribution < -0.4 is 4.74 Å². The van der Waals surface area contributed by atoms with Gasteiger partial charge in [-0.15, -0.1) is 11.6 Å². The minimum Gasteiger partial charge on any atom is -0.432 e.